The third-order valence-corrected chi connectivity index (χ3v) is 2.74. The Morgan fingerprint density at radius 1 is 1.53 bits per heavy atom. The maximum Gasteiger partial charge on any atom is 0.452 e. The minimum atomic E-state index is -4.53. The highest BCUT2D eigenvalue weighted by molar-refractivity contribution is 5.87. The lowest BCUT2D eigenvalue weighted by atomic mass is 9.99. The van der Waals surface area contributed by atoms with Crippen molar-refractivity contribution < 1.29 is 22.5 Å². The van der Waals surface area contributed by atoms with Crippen LogP contribution in [0.4, 0.5) is 13.2 Å². The number of aromatic nitrogens is 1. The standard InChI is InChI=1S/C12H11F3N2O2/c1-2-11(18)17-6-8(7-17)3-4-9-5-10(19-16-9)12(13,14)15/h2-5,8H,1,6-7H2/b4-3-. The molecule has 1 aliphatic heterocycles. The van der Waals surface area contributed by atoms with Gasteiger partial charge < -0.3 is 9.42 Å². The predicted molar refractivity (Wildman–Crippen MR) is 60.8 cm³/mol. The SMILES string of the molecule is C=CC(=O)N1CC(/C=C\c2cc(C(F)(F)F)on2)C1. The van der Waals surface area contributed by atoms with Crippen LogP contribution in [0.15, 0.2) is 29.3 Å². The summed E-state index contributed by atoms with van der Waals surface area (Å²) in [6.07, 6.45) is -0.125. The van der Waals surface area contributed by atoms with E-state index in [4.69, 9.17) is 0 Å². The fourth-order valence-corrected chi connectivity index (χ4v) is 1.68. The summed E-state index contributed by atoms with van der Waals surface area (Å²) in [4.78, 5) is 12.7. The zero-order chi connectivity index (χ0) is 14.0. The first-order valence-corrected chi connectivity index (χ1v) is 5.53. The number of amides is 1. The molecule has 1 amide bonds. The highest BCUT2D eigenvalue weighted by atomic mass is 19.4. The van der Waals surface area contributed by atoms with Crippen molar-refractivity contribution >= 4 is 12.0 Å². The minimum absolute atomic E-state index is 0.112. The van der Waals surface area contributed by atoms with Crippen LogP contribution in [0, 0.1) is 5.92 Å². The van der Waals surface area contributed by atoms with Crippen molar-refractivity contribution in [2.24, 2.45) is 5.92 Å². The van der Waals surface area contributed by atoms with Crippen LogP contribution in [0.3, 0.4) is 0 Å². The largest absolute Gasteiger partial charge is 0.452 e. The fourth-order valence-electron chi connectivity index (χ4n) is 1.68. The molecule has 0 saturated carbocycles. The Kier molecular flexibility index (Phi) is 3.46. The van der Waals surface area contributed by atoms with Crippen molar-refractivity contribution in [2.75, 3.05) is 13.1 Å². The quantitative estimate of drug-likeness (QED) is 0.793. The average Bonchev–Trinajstić information content (AvgIpc) is 2.74. The number of nitrogens with zero attached hydrogens (tertiary/aromatic N) is 2. The molecule has 2 heterocycles. The Bertz CT molecular complexity index is 513. The van der Waals surface area contributed by atoms with E-state index in [0.29, 0.717) is 13.1 Å². The number of carbonyl (C=O) groups excluding carboxylic acids is 1. The van der Waals surface area contributed by atoms with Crippen molar-refractivity contribution in [3.63, 3.8) is 0 Å². The van der Waals surface area contributed by atoms with Crippen LogP contribution in [-0.2, 0) is 11.0 Å². The van der Waals surface area contributed by atoms with Gasteiger partial charge in [-0.15, -0.1) is 0 Å². The summed E-state index contributed by atoms with van der Waals surface area (Å²) in [5, 5.41) is 3.30. The van der Waals surface area contributed by atoms with Crippen molar-refractivity contribution in [2.45, 2.75) is 6.18 Å². The van der Waals surface area contributed by atoms with E-state index in [2.05, 4.69) is 16.3 Å². The van der Waals surface area contributed by atoms with Crippen LogP contribution in [-0.4, -0.2) is 29.1 Å². The molecule has 0 bridgehead atoms. The van der Waals surface area contributed by atoms with E-state index in [0.717, 1.165) is 6.07 Å². The predicted octanol–water partition coefficient (Wildman–Crippen LogP) is 2.35. The molecule has 0 atom stereocenters. The van der Waals surface area contributed by atoms with Crippen molar-refractivity contribution in [1.29, 1.82) is 0 Å². The van der Waals surface area contributed by atoms with Crippen molar-refractivity contribution in [1.82, 2.24) is 10.1 Å². The molecular weight excluding hydrogens is 261 g/mol. The summed E-state index contributed by atoms with van der Waals surface area (Å²) < 4.78 is 40.9. The second-order valence-corrected chi connectivity index (χ2v) is 4.18. The Hall–Kier alpha value is -2.05. The first kappa shape index (κ1) is 13.4. The van der Waals surface area contributed by atoms with Gasteiger partial charge in [0.2, 0.25) is 11.7 Å². The molecule has 1 aromatic rings. The average molecular weight is 272 g/mol. The maximum absolute atomic E-state index is 12.2. The third-order valence-electron chi connectivity index (χ3n) is 2.74. The lowest BCUT2D eigenvalue weighted by Gasteiger charge is -2.36. The van der Waals surface area contributed by atoms with E-state index in [1.54, 1.807) is 11.0 Å². The van der Waals surface area contributed by atoms with Gasteiger partial charge in [0.15, 0.2) is 0 Å². The van der Waals surface area contributed by atoms with Gasteiger partial charge in [-0.2, -0.15) is 13.2 Å². The summed E-state index contributed by atoms with van der Waals surface area (Å²) >= 11 is 0. The number of likely N-dealkylation sites (tertiary alicyclic amines) is 1. The second kappa shape index (κ2) is 4.91. The van der Waals surface area contributed by atoms with Crippen LogP contribution in [0.25, 0.3) is 6.08 Å². The molecule has 1 saturated heterocycles. The highest BCUT2D eigenvalue weighted by Gasteiger charge is 2.36. The summed E-state index contributed by atoms with van der Waals surface area (Å²) in [7, 11) is 0. The van der Waals surface area contributed by atoms with Crippen LogP contribution < -0.4 is 0 Å². The Morgan fingerprint density at radius 2 is 2.21 bits per heavy atom. The third kappa shape index (κ3) is 3.04. The number of carbonyl (C=O) groups is 1. The summed E-state index contributed by atoms with van der Waals surface area (Å²) in [6, 6.07) is 0.835. The highest BCUT2D eigenvalue weighted by Crippen LogP contribution is 2.30. The van der Waals surface area contributed by atoms with Crippen molar-refractivity contribution in [3.05, 3.63) is 36.3 Å². The zero-order valence-corrected chi connectivity index (χ0v) is 9.85. The van der Waals surface area contributed by atoms with Crippen LogP contribution in [0.5, 0.6) is 0 Å². The molecule has 0 aromatic carbocycles. The molecule has 0 spiro atoms. The lowest BCUT2D eigenvalue weighted by Crippen LogP contribution is -2.48. The van der Waals surface area contributed by atoms with Gasteiger partial charge in [0.25, 0.3) is 0 Å². The molecule has 7 heteroatoms. The molecular formula is C12H11F3N2O2. The van der Waals surface area contributed by atoms with Gasteiger partial charge in [-0.1, -0.05) is 17.8 Å². The Labute approximate surface area is 107 Å². The van der Waals surface area contributed by atoms with Gasteiger partial charge in [0.05, 0.1) is 0 Å². The number of alkyl halides is 3. The van der Waals surface area contributed by atoms with E-state index in [1.165, 1.54) is 12.2 Å². The summed E-state index contributed by atoms with van der Waals surface area (Å²) in [5.41, 5.74) is 0.112. The minimum Gasteiger partial charge on any atom is -0.351 e. The molecule has 19 heavy (non-hydrogen) atoms. The summed E-state index contributed by atoms with van der Waals surface area (Å²) in [5.74, 6) is -1.15. The first-order chi connectivity index (χ1) is 8.90. The molecule has 0 N–H and O–H groups in total. The Balaban J connectivity index is 1.89. The van der Waals surface area contributed by atoms with E-state index in [1.807, 2.05) is 0 Å². The lowest BCUT2D eigenvalue weighted by molar-refractivity contribution is -0.155. The molecule has 102 valence electrons. The molecule has 0 radical (unpaired) electrons. The smallest absolute Gasteiger partial charge is 0.351 e. The number of hydrogen-bond donors (Lipinski definition) is 0. The van der Waals surface area contributed by atoms with Gasteiger partial charge >= 0.3 is 6.18 Å². The van der Waals surface area contributed by atoms with Gasteiger partial charge in [-0.25, -0.2) is 0 Å². The number of hydrogen-bond acceptors (Lipinski definition) is 3. The molecule has 0 aliphatic carbocycles. The van der Waals surface area contributed by atoms with Crippen molar-refractivity contribution in [3.8, 4) is 0 Å². The molecule has 1 fully saturated rings. The fraction of sp³-hybridized carbons (Fsp3) is 0.333. The first-order valence-electron chi connectivity index (χ1n) is 5.53. The number of rotatable bonds is 3. The normalized spacial score (nSPS) is 16.7. The van der Waals surface area contributed by atoms with E-state index < -0.39 is 11.9 Å². The van der Waals surface area contributed by atoms with Crippen LogP contribution in [0.2, 0.25) is 0 Å². The molecule has 1 aliphatic rings. The second-order valence-electron chi connectivity index (χ2n) is 4.18. The molecule has 0 unspecified atom stereocenters. The van der Waals surface area contributed by atoms with E-state index in [-0.39, 0.29) is 17.5 Å². The van der Waals surface area contributed by atoms with E-state index in [9.17, 15) is 18.0 Å². The maximum atomic E-state index is 12.2. The van der Waals surface area contributed by atoms with Crippen LogP contribution in [0.1, 0.15) is 11.5 Å². The van der Waals surface area contributed by atoms with Gasteiger partial charge in [0, 0.05) is 25.1 Å². The molecule has 1 aromatic heterocycles. The van der Waals surface area contributed by atoms with E-state index >= 15 is 0 Å². The topological polar surface area (TPSA) is 46.3 Å². The van der Waals surface area contributed by atoms with Gasteiger partial charge in [-0.3, -0.25) is 4.79 Å². The number of halogens is 3. The monoisotopic (exact) mass is 272 g/mol. The zero-order valence-electron chi connectivity index (χ0n) is 9.85. The Morgan fingerprint density at radius 3 is 2.74 bits per heavy atom. The molecule has 2 rings (SSSR count). The molecule has 4 nitrogen and oxygen atoms in total. The summed E-state index contributed by atoms with van der Waals surface area (Å²) in [6.45, 7) is 4.44. The van der Waals surface area contributed by atoms with Gasteiger partial charge in [0.1, 0.15) is 5.69 Å². The van der Waals surface area contributed by atoms with Crippen LogP contribution >= 0.6 is 0 Å². The van der Waals surface area contributed by atoms with Gasteiger partial charge in [-0.05, 0) is 12.2 Å².